The van der Waals surface area contributed by atoms with E-state index < -0.39 is 21.8 Å². The SMILES string of the molecule is CS(=O)(=O)Nc1ccc2cc(C(=O)Nc3cc(-c4cc(C(N)=O)ccc4Cl)ccn3)[nH]c2c1. The smallest absolute Gasteiger partial charge is 0.273 e. The molecule has 2 aromatic heterocycles. The van der Waals surface area contributed by atoms with E-state index in [-0.39, 0.29) is 11.5 Å². The van der Waals surface area contributed by atoms with Crippen molar-refractivity contribution in [3.05, 3.63) is 77.1 Å². The Balaban J connectivity index is 1.59. The zero-order chi connectivity index (χ0) is 23.8. The lowest BCUT2D eigenvalue weighted by molar-refractivity contribution is 0.0997. The number of hydrogen-bond acceptors (Lipinski definition) is 5. The number of anilines is 2. The summed E-state index contributed by atoms with van der Waals surface area (Å²) in [5.41, 5.74) is 8.10. The van der Waals surface area contributed by atoms with Crippen LogP contribution >= 0.6 is 11.6 Å². The van der Waals surface area contributed by atoms with Crippen LogP contribution in [0.5, 0.6) is 0 Å². The topological polar surface area (TPSA) is 147 Å². The number of carbonyl (C=O) groups is 2. The van der Waals surface area contributed by atoms with Gasteiger partial charge in [-0.2, -0.15) is 0 Å². The third-order valence-electron chi connectivity index (χ3n) is 4.73. The van der Waals surface area contributed by atoms with Gasteiger partial charge in [0.2, 0.25) is 15.9 Å². The maximum atomic E-state index is 12.8. The van der Waals surface area contributed by atoms with Gasteiger partial charge in [-0.25, -0.2) is 13.4 Å². The molecule has 0 spiro atoms. The van der Waals surface area contributed by atoms with E-state index in [0.717, 1.165) is 11.6 Å². The quantitative estimate of drug-likeness (QED) is 0.330. The Kier molecular flexibility index (Phi) is 5.79. The van der Waals surface area contributed by atoms with Gasteiger partial charge in [-0.1, -0.05) is 17.7 Å². The largest absolute Gasteiger partial charge is 0.366 e. The number of carbonyl (C=O) groups excluding carboxylic acids is 2. The first-order valence-corrected chi connectivity index (χ1v) is 11.8. The monoisotopic (exact) mass is 483 g/mol. The number of aromatic amines is 1. The Morgan fingerprint density at radius 3 is 2.58 bits per heavy atom. The van der Waals surface area contributed by atoms with Crippen molar-refractivity contribution >= 4 is 55.8 Å². The highest BCUT2D eigenvalue weighted by Crippen LogP contribution is 2.30. The lowest BCUT2D eigenvalue weighted by atomic mass is 10.0. The third-order valence-corrected chi connectivity index (χ3v) is 5.67. The molecule has 2 aromatic carbocycles. The van der Waals surface area contributed by atoms with Crippen LogP contribution in [0.3, 0.4) is 0 Å². The van der Waals surface area contributed by atoms with E-state index in [1.54, 1.807) is 48.5 Å². The normalized spacial score (nSPS) is 11.3. The molecule has 168 valence electrons. The number of nitrogens with two attached hydrogens (primary N) is 1. The van der Waals surface area contributed by atoms with Crippen LogP contribution in [0.4, 0.5) is 11.5 Å². The number of sulfonamides is 1. The zero-order valence-corrected chi connectivity index (χ0v) is 18.8. The fourth-order valence-corrected chi connectivity index (χ4v) is 4.06. The number of nitrogens with zero attached hydrogens (tertiary/aromatic N) is 1. The number of primary amides is 1. The first-order chi connectivity index (χ1) is 15.6. The van der Waals surface area contributed by atoms with Gasteiger partial charge < -0.3 is 16.0 Å². The van der Waals surface area contributed by atoms with Crippen LogP contribution in [0.2, 0.25) is 5.02 Å². The summed E-state index contributed by atoms with van der Waals surface area (Å²) in [5, 5.41) is 3.86. The van der Waals surface area contributed by atoms with Gasteiger partial charge in [-0.15, -0.1) is 0 Å². The Labute approximate surface area is 194 Å². The summed E-state index contributed by atoms with van der Waals surface area (Å²) >= 11 is 6.28. The highest BCUT2D eigenvalue weighted by Gasteiger charge is 2.14. The maximum Gasteiger partial charge on any atom is 0.273 e. The van der Waals surface area contributed by atoms with Crippen molar-refractivity contribution in [2.75, 3.05) is 16.3 Å². The van der Waals surface area contributed by atoms with Crippen molar-refractivity contribution < 1.29 is 18.0 Å². The molecule has 4 rings (SSSR count). The van der Waals surface area contributed by atoms with Crippen LogP contribution in [0.1, 0.15) is 20.8 Å². The lowest BCUT2D eigenvalue weighted by Crippen LogP contribution is -2.13. The second kappa shape index (κ2) is 8.57. The van der Waals surface area contributed by atoms with E-state index in [4.69, 9.17) is 17.3 Å². The van der Waals surface area contributed by atoms with Crippen LogP contribution in [-0.4, -0.2) is 36.5 Å². The van der Waals surface area contributed by atoms with Gasteiger partial charge in [-0.05, 0) is 54.1 Å². The van der Waals surface area contributed by atoms with Crippen molar-refractivity contribution in [3.63, 3.8) is 0 Å². The molecule has 9 nitrogen and oxygen atoms in total. The van der Waals surface area contributed by atoms with E-state index >= 15 is 0 Å². The van der Waals surface area contributed by atoms with Crippen molar-refractivity contribution in [1.82, 2.24) is 9.97 Å². The molecule has 0 atom stereocenters. The molecule has 2 amide bonds. The molecule has 0 saturated carbocycles. The number of rotatable bonds is 6. The standard InChI is InChI=1S/C22H18ClN5O4S/c1-33(31,32)28-15-4-2-13-9-19(26-18(13)11-15)22(30)27-20-10-12(6-7-25-20)16-8-14(21(24)29)3-5-17(16)23/h2-11,26,28H,1H3,(H2,24,29)(H,25,27,30). The van der Waals surface area contributed by atoms with E-state index in [0.29, 0.717) is 32.9 Å². The minimum Gasteiger partial charge on any atom is -0.366 e. The number of nitrogens with one attached hydrogen (secondary N) is 3. The molecule has 0 bridgehead atoms. The fourth-order valence-electron chi connectivity index (χ4n) is 3.28. The molecule has 0 unspecified atom stereocenters. The molecule has 4 aromatic rings. The second-order valence-corrected chi connectivity index (χ2v) is 9.46. The number of halogens is 1. The lowest BCUT2D eigenvalue weighted by Gasteiger charge is -2.09. The van der Waals surface area contributed by atoms with E-state index in [9.17, 15) is 18.0 Å². The van der Waals surface area contributed by atoms with Gasteiger partial charge in [0.25, 0.3) is 5.91 Å². The van der Waals surface area contributed by atoms with Crippen LogP contribution in [-0.2, 0) is 10.0 Å². The first-order valence-electron chi connectivity index (χ1n) is 9.57. The van der Waals surface area contributed by atoms with Crippen molar-refractivity contribution in [1.29, 1.82) is 0 Å². The van der Waals surface area contributed by atoms with E-state index in [2.05, 4.69) is 20.0 Å². The molecule has 0 saturated heterocycles. The number of pyridine rings is 1. The molecule has 0 aliphatic heterocycles. The third kappa shape index (κ3) is 5.13. The molecule has 11 heteroatoms. The Bertz CT molecular complexity index is 1510. The Morgan fingerprint density at radius 1 is 1.06 bits per heavy atom. The van der Waals surface area contributed by atoms with E-state index in [1.165, 1.54) is 12.3 Å². The van der Waals surface area contributed by atoms with Gasteiger partial charge in [-0.3, -0.25) is 14.3 Å². The van der Waals surface area contributed by atoms with Crippen LogP contribution in [0.15, 0.2) is 60.8 Å². The number of H-pyrrole nitrogens is 1. The van der Waals surface area contributed by atoms with Gasteiger partial charge >= 0.3 is 0 Å². The summed E-state index contributed by atoms with van der Waals surface area (Å²) < 4.78 is 25.3. The molecule has 0 aliphatic carbocycles. The molecular weight excluding hydrogens is 466 g/mol. The first kappa shape index (κ1) is 22.3. The highest BCUT2D eigenvalue weighted by atomic mass is 35.5. The Morgan fingerprint density at radius 2 is 1.85 bits per heavy atom. The number of amides is 2. The average Bonchev–Trinajstić information content (AvgIpc) is 3.16. The van der Waals surface area contributed by atoms with Gasteiger partial charge in [0, 0.05) is 33.2 Å². The number of hydrogen-bond donors (Lipinski definition) is 4. The van der Waals surface area contributed by atoms with Crippen molar-refractivity contribution in [2.24, 2.45) is 5.73 Å². The second-order valence-electron chi connectivity index (χ2n) is 7.30. The van der Waals surface area contributed by atoms with E-state index in [1.807, 2.05) is 0 Å². The van der Waals surface area contributed by atoms with Crippen LogP contribution in [0.25, 0.3) is 22.0 Å². The molecule has 33 heavy (non-hydrogen) atoms. The van der Waals surface area contributed by atoms with Gasteiger partial charge in [0.15, 0.2) is 0 Å². The van der Waals surface area contributed by atoms with Gasteiger partial charge in [0.1, 0.15) is 11.5 Å². The minimum atomic E-state index is -3.42. The summed E-state index contributed by atoms with van der Waals surface area (Å²) in [5.74, 6) is -0.745. The molecule has 0 aliphatic rings. The molecule has 0 radical (unpaired) electrons. The zero-order valence-electron chi connectivity index (χ0n) is 17.2. The van der Waals surface area contributed by atoms with Gasteiger partial charge in [0.05, 0.1) is 11.9 Å². The summed E-state index contributed by atoms with van der Waals surface area (Å²) in [6.45, 7) is 0. The van der Waals surface area contributed by atoms with Crippen LogP contribution < -0.4 is 15.8 Å². The fraction of sp³-hybridized carbons (Fsp3) is 0.0455. The van der Waals surface area contributed by atoms with Crippen molar-refractivity contribution in [2.45, 2.75) is 0 Å². The minimum absolute atomic E-state index is 0.266. The highest BCUT2D eigenvalue weighted by molar-refractivity contribution is 7.92. The predicted molar refractivity (Wildman–Crippen MR) is 128 cm³/mol. The number of fused-ring (bicyclic) bond motifs is 1. The molecule has 2 heterocycles. The Hall–Kier alpha value is -3.89. The predicted octanol–water partition coefficient (Wildman–Crippen LogP) is 3.61. The molecular formula is C22H18ClN5O4S. The van der Waals surface area contributed by atoms with Crippen molar-refractivity contribution in [3.8, 4) is 11.1 Å². The molecule has 5 N–H and O–H groups in total. The summed E-state index contributed by atoms with van der Waals surface area (Å²) in [7, 11) is -3.42. The summed E-state index contributed by atoms with van der Waals surface area (Å²) in [6.07, 6.45) is 2.57. The van der Waals surface area contributed by atoms with Crippen LogP contribution in [0, 0.1) is 0 Å². The average molecular weight is 484 g/mol. The summed E-state index contributed by atoms with van der Waals surface area (Å²) in [6, 6.07) is 14.5. The summed E-state index contributed by atoms with van der Waals surface area (Å²) in [4.78, 5) is 31.4. The number of aromatic nitrogens is 2. The number of benzene rings is 2. The maximum absolute atomic E-state index is 12.8. The molecule has 0 fully saturated rings.